The molecular formula is C21H26N2O4. The summed E-state index contributed by atoms with van der Waals surface area (Å²) in [7, 11) is 3.18. The van der Waals surface area contributed by atoms with E-state index < -0.39 is 0 Å². The van der Waals surface area contributed by atoms with Crippen molar-refractivity contribution in [3.63, 3.8) is 0 Å². The molecule has 0 unspecified atom stereocenters. The Morgan fingerprint density at radius 1 is 1.07 bits per heavy atom. The summed E-state index contributed by atoms with van der Waals surface area (Å²) in [6.07, 6.45) is 0.269. The number of ether oxygens (including phenoxy) is 3. The van der Waals surface area contributed by atoms with Gasteiger partial charge in [-0.1, -0.05) is 6.07 Å². The number of carbonyl (C=O) groups is 1. The summed E-state index contributed by atoms with van der Waals surface area (Å²) in [5.41, 5.74) is 3.90. The number of anilines is 2. The van der Waals surface area contributed by atoms with Crippen LogP contribution in [0.3, 0.4) is 0 Å². The van der Waals surface area contributed by atoms with E-state index in [0.29, 0.717) is 11.5 Å². The molecule has 6 nitrogen and oxygen atoms in total. The third kappa shape index (κ3) is 4.71. The zero-order valence-corrected chi connectivity index (χ0v) is 16.1. The Kier molecular flexibility index (Phi) is 6.19. The maximum atomic E-state index is 12.5. The van der Waals surface area contributed by atoms with E-state index in [4.69, 9.17) is 14.2 Å². The van der Waals surface area contributed by atoms with Gasteiger partial charge in [-0.3, -0.25) is 4.79 Å². The standard InChI is InChI=1S/C21H26N2O4/c1-15-12-17(23-8-10-27-11-9-23)5-6-18(15)22-21(24)14-16-4-7-19(25-2)20(13-16)26-3/h4-7,12-13H,8-11,14H2,1-3H3,(H,22,24). The summed E-state index contributed by atoms with van der Waals surface area (Å²) < 4.78 is 15.9. The molecule has 1 fully saturated rings. The van der Waals surface area contributed by atoms with Gasteiger partial charge < -0.3 is 24.4 Å². The number of carbonyl (C=O) groups excluding carboxylic acids is 1. The van der Waals surface area contributed by atoms with Crippen LogP contribution < -0.4 is 19.7 Å². The summed E-state index contributed by atoms with van der Waals surface area (Å²) in [5.74, 6) is 1.20. The van der Waals surface area contributed by atoms with Gasteiger partial charge in [0.15, 0.2) is 11.5 Å². The average molecular weight is 370 g/mol. The highest BCUT2D eigenvalue weighted by Crippen LogP contribution is 2.28. The van der Waals surface area contributed by atoms with Crippen molar-refractivity contribution in [1.29, 1.82) is 0 Å². The summed E-state index contributed by atoms with van der Waals surface area (Å²) in [4.78, 5) is 14.8. The first-order chi connectivity index (χ1) is 13.1. The number of benzene rings is 2. The molecule has 0 spiro atoms. The van der Waals surface area contributed by atoms with Gasteiger partial charge in [0.25, 0.3) is 0 Å². The van der Waals surface area contributed by atoms with Gasteiger partial charge in [0.1, 0.15) is 0 Å². The Morgan fingerprint density at radius 2 is 1.81 bits per heavy atom. The second kappa shape index (κ2) is 8.77. The molecule has 1 aliphatic heterocycles. The van der Waals surface area contributed by atoms with Crippen molar-refractivity contribution in [3.05, 3.63) is 47.5 Å². The number of aryl methyl sites for hydroxylation is 1. The van der Waals surface area contributed by atoms with E-state index in [-0.39, 0.29) is 12.3 Å². The zero-order valence-electron chi connectivity index (χ0n) is 16.1. The van der Waals surface area contributed by atoms with E-state index in [1.807, 2.05) is 37.3 Å². The Bertz CT molecular complexity index is 801. The fourth-order valence-electron chi connectivity index (χ4n) is 3.18. The van der Waals surface area contributed by atoms with Gasteiger partial charge in [-0.25, -0.2) is 0 Å². The first kappa shape index (κ1) is 19.0. The van der Waals surface area contributed by atoms with E-state index in [1.54, 1.807) is 14.2 Å². The monoisotopic (exact) mass is 370 g/mol. The summed E-state index contributed by atoms with van der Waals surface area (Å²) in [6, 6.07) is 11.6. The number of hydrogen-bond donors (Lipinski definition) is 1. The van der Waals surface area contributed by atoms with Gasteiger partial charge in [0, 0.05) is 24.5 Å². The Labute approximate surface area is 160 Å². The zero-order chi connectivity index (χ0) is 19.2. The van der Waals surface area contributed by atoms with Gasteiger partial charge in [0.2, 0.25) is 5.91 Å². The van der Waals surface area contributed by atoms with Crippen LogP contribution in [0.2, 0.25) is 0 Å². The second-order valence-corrected chi connectivity index (χ2v) is 6.51. The molecule has 2 aromatic carbocycles. The molecule has 1 N–H and O–H groups in total. The smallest absolute Gasteiger partial charge is 0.228 e. The minimum Gasteiger partial charge on any atom is -0.493 e. The first-order valence-corrected chi connectivity index (χ1v) is 9.05. The number of morpholine rings is 1. The van der Waals surface area contributed by atoms with Crippen LogP contribution in [-0.4, -0.2) is 46.4 Å². The van der Waals surface area contributed by atoms with Crippen LogP contribution >= 0.6 is 0 Å². The van der Waals surface area contributed by atoms with Gasteiger partial charge >= 0.3 is 0 Å². The summed E-state index contributed by atoms with van der Waals surface area (Å²) >= 11 is 0. The molecule has 0 atom stereocenters. The highest BCUT2D eigenvalue weighted by atomic mass is 16.5. The maximum absolute atomic E-state index is 12.5. The average Bonchev–Trinajstić information content (AvgIpc) is 2.70. The lowest BCUT2D eigenvalue weighted by Crippen LogP contribution is -2.36. The van der Waals surface area contributed by atoms with Crippen molar-refractivity contribution in [2.45, 2.75) is 13.3 Å². The molecular weight excluding hydrogens is 344 g/mol. The fraction of sp³-hybridized carbons (Fsp3) is 0.381. The summed E-state index contributed by atoms with van der Waals surface area (Å²) in [5, 5.41) is 3.00. The van der Waals surface area contributed by atoms with E-state index in [0.717, 1.165) is 48.8 Å². The van der Waals surface area contributed by atoms with Crippen LogP contribution in [-0.2, 0) is 16.0 Å². The maximum Gasteiger partial charge on any atom is 0.228 e. The number of nitrogens with zero attached hydrogens (tertiary/aromatic N) is 1. The lowest BCUT2D eigenvalue weighted by Gasteiger charge is -2.29. The van der Waals surface area contributed by atoms with Gasteiger partial charge in [0.05, 0.1) is 33.9 Å². The number of methoxy groups -OCH3 is 2. The molecule has 6 heteroatoms. The lowest BCUT2D eigenvalue weighted by atomic mass is 10.1. The molecule has 0 aromatic heterocycles. The molecule has 0 bridgehead atoms. The Balaban J connectivity index is 1.65. The minimum atomic E-state index is -0.0653. The third-order valence-electron chi connectivity index (χ3n) is 4.67. The predicted molar refractivity (Wildman–Crippen MR) is 106 cm³/mol. The van der Waals surface area contributed by atoms with Crippen LogP contribution in [0.15, 0.2) is 36.4 Å². The van der Waals surface area contributed by atoms with E-state index in [9.17, 15) is 4.79 Å². The Morgan fingerprint density at radius 3 is 2.48 bits per heavy atom. The van der Waals surface area contributed by atoms with Crippen LogP contribution in [0.25, 0.3) is 0 Å². The Hall–Kier alpha value is -2.73. The van der Waals surface area contributed by atoms with Crippen molar-refractivity contribution in [3.8, 4) is 11.5 Å². The molecule has 0 radical (unpaired) electrons. The molecule has 3 rings (SSSR count). The van der Waals surface area contributed by atoms with E-state index in [1.165, 1.54) is 0 Å². The molecule has 2 aromatic rings. The molecule has 1 aliphatic rings. The lowest BCUT2D eigenvalue weighted by molar-refractivity contribution is -0.115. The van der Waals surface area contributed by atoms with Crippen LogP contribution in [0.5, 0.6) is 11.5 Å². The quantitative estimate of drug-likeness (QED) is 0.847. The second-order valence-electron chi connectivity index (χ2n) is 6.51. The van der Waals surface area contributed by atoms with Crippen LogP contribution in [0, 0.1) is 6.92 Å². The normalized spacial score (nSPS) is 14.0. The third-order valence-corrected chi connectivity index (χ3v) is 4.67. The van der Waals surface area contributed by atoms with Crippen molar-refractivity contribution in [1.82, 2.24) is 0 Å². The fourth-order valence-corrected chi connectivity index (χ4v) is 3.18. The molecule has 1 heterocycles. The number of hydrogen-bond acceptors (Lipinski definition) is 5. The van der Waals surface area contributed by atoms with Crippen molar-refractivity contribution in [2.24, 2.45) is 0 Å². The topological polar surface area (TPSA) is 60.0 Å². The molecule has 144 valence electrons. The van der Waals surface area contributed by atoms with Gasteiger partial charge in [-0.15, -0.1) is 0 Å². The SMILES string of the molecule is COc1ccc(CC(=O)Nc2ccc(N3CCOCC3)cc2C)cc1OC. The number of amides is 1. The summed E-state index contributed by atoms with van der Waals surface area (Å²) in [6.45, 7) is 5.30. The predicted octanol–water partition coefficient (Wildman–Crippen LogP) is 3.03. The molecule has 1 saturated heterocycles. The van der Waals surface area contributed by atoms with Crippen molar-refractivity contribution < 1.29 is 19.0 Å². The van der Waals surface area contributed by atoms with Crippen molar-refractivity contribution >= 4 is 17.3 Å². The molecule has 0 aliphatic carbocycles. The van der Waals surface area contributed by atoms with Gasteiger partial charge in [-0.2, -0.15) is 0 Å². The number of rotatable bonds is 6. The number of nitrogens with one attached hydrogen (secondary N) is 1. The van der Waals surface area contributed by atoms with Gasteiger partial charge in [-0.05, 0) is 48.4 Å². The van der Waals surface area contributed by atoms with E-state index in [2.05, 4.69) is 16.3 Å². The van der Waals surface area contributed by atoms with Crippen LogP contribution in [0.1, 0.15) is 11.1 Å². The largest absolute Gasteiger partial charge is 0.493 e. The first-order valence-electron chi connectivity index (χ1n) is 9.05. The minimum absolute atomic E-state index is 0.0653. The van der Waals surface area contributed by atoms with Crippen molar-refractivity contribution in [2.75, 3.05) is 50.7 Å². The van der Waals surface area contributed by atoms with E-state index >= 15 is 0 Å². The molecule has 1 amide bonds. The molecule has 27 heavy (non-hydrogen) atoms. The molecule has 0 saturated carbocycles. The highest BCUT2D eigenvalue weighted by Gasteiger charge is 2.13. The van der Waals surface area contributed by atoms with Crippen LogP contribution in [0.4, 0.5) is 11.4 Å². The highest BCUT2D eigenvalue weighted by molar-refractivity contribution is 5.93.